The van der Waals surface area contributed by atoms with E-state index in [2.05, 4.69) is 15.5 Å². The van der Waals surface area contributed by atoms with Crippen molar-refractivity contribution in [3.05, 3.63) is 58.4 Å². The SMILES string of the molecule is Cc1ccc(-c2nnc(S[C@@H](C)C(=O)Nc3ccc(F)cc3Cl)o2)cc1C. The van der Waals surface area contributed by atoms with Crippen molar-refractivity contribution in [2.75, 3.05) is 5.32 Å². The monoisotopic (exact) mass is 405 g/mol. The van der Waals surface area contributed by atoms with Gasteiger partial charge in [0.05, 0.1) is 16.0 Å². The molecule has 1 atom stereocenters. The second kappa shape index (κ2) is 8.10. The fraction of sp³-hybridized carbons (Fsp3) is 0.211. The average Bonchev–Trinajstić information content (AvgIpc) is 3.08. The van der Waals surface area contributed by atoms with E-state index in [1.54, 1.807) is 6.92 Å². The van der Waals surface area contributed by atoms with E-state index < -0.39 is 11.1 Å². The van der Waals surface area contributed by atoms with E-state index in [0.717, 1.165) is 29.0 Å². The van der Waals surface area contributed by atoms with Crippen molar-refractivity contribution in [2.24, 2.45) is 0 Å². The highest BCUT2D eigenvalue weighted by molar-refractivity contribution is 8.00. The van der Waals surface area contributed by atoms with Crippen LogP contribution in [-0.2, 0) is 4.79 Å². The van der Waals surface area contributed by atoms with E-state index in [0.29, 0.717) is 11.6 Å². The van der Waals surface area contributed by atoms with Gasteiger partial charge in [0, 0.05) is 5.56 Å². The van der Waals surface area contributed by atoms with E-state index in [1.807, 2.05) is 32.0 Å². The molecule has 3 rings (SSSR count). The Morgan fingerprint density at radius 2 is 1.96 bits per heavy atom. The number of thioether (sulfide) groups is 1. The Labute approximate surface area is 165 Å². The van der Waals surface area contributed by atoms with Crippen molar-refractivity contribution in [1.82, 2.24) is 10.2 Å². The Bertz CT molecular complexity index is 993. The molecule has 0 radical (unpaired) electrons. The summed E-state index contributed by atoms with van der Waals surface area (Å²) in [4.78, 5) is 12.3. The van der Waals surface area contributed by atoms with Crippen molar-refractivity contribution < 1.29 is 13.6 Å². The molecule has 0 aliphatic heterocycles. The molecule has 1 heterocycles. The molecule has 0 saturated heterocycles. The Morgan fingerprint density at radius 1 is 1.19 bits per heavy atom. The van der Waals surface area contributed by atoms with Crippen LogP contribution in [0, 0.1) is 19.7 Å². The Hall–Kier alpha value is -2.38. The van der Waals surface area contributed by atoms with Crippen LogP contribution < -0.4 is 5.32 Å². The summed E-state index contributed by atoms with van der Waals surface area (Å²) in [5.74, 6) is -0.376. The third-order valence-corrected chi connectivity index (χ3v) is 5.24. The first kappa shape index (κ1) is 19.4. The number of nitrogens with one attached hydrogen (secondary N) is 1. The van der Waals surface area contributed by atoms with Gasteiger partial charge in [0.25, 0.3) is 5.22 Å². The van der Waals surface area contributed by atoms with Crippen LogP contribution in [0.15, 0.2) is 46.0 Å². The molecule has 0 saturated carbocycles. The topological polar surface area (TPSA) is 68.0 Å². The van der Waals surface area contributed by atoms with Gasteiger partial charge >= 0.3 is 0 Å². The minimum atomic E-state index is -0.515. The van der Waals surface area contributed by atoms with Gasteiger partial charge in [-0.15, -0.1) is 10.2 Å². The number of anilines is 1. The maximum absolute atomic E-state index is 13.1. The number of hydrogen-bond acceptors (Lipinski definition) is 5. The van der Waals surface area contributed by atoms with Gasteiger partial charge in [0.15, 0.2) is 0 Å². The number of amides is 1. The molecule has 0 fully saturated rings. The summed E-state index contributed by atoms with van der Waals surface area (Å²) in [6.45, 7) is 5.75. The molecule has 1 N–H and O–H groups in total. The van der Waals surface area contributed by atoms with Crippen molar-refractivity contribution >= 4 is 35.0 Å². The number of carbonyl (C=O) groups is 1. The summed E-state index contributed by atoms with van der Waals surface area (Å²) in [5, 5.41) is 10.6. The first-order valence-electron chi connectivity index (χ1n) is 8.17. The average molecular weight is 406 g/mol. The zero-order valence-electron chi connectivity index (χ0n) is 14.9. The second-order valence-corrected chi connectivity index (χ2v) is 7.74. The van der Waals surface area contributed by atoms with E-state index in [4.69, 9.17) is 16.0 Å². The molecule has 140 valence electrons. The predicted molar refractivity (Wildman–Crippen MR) is 105 cm³/mol. The minimum absolute atomic E-state index is 0.135. The highest BCUT2D eigenvalue weighted by Gasteiger charge is 2.20. The van der Waals surface area contributed by atoms with Crippen LogP contribution in [-0.4, -0.2) is 21.4 Å². The van der Waals surface area contributed by atoms with Crippen LogP contribution in [0.1, 0.15) is 18.1 Å². The number of rotatable bonds is 5. The molecular formula is C19H17ClFN3O2S. The van der Waals surface area contributed by atoms with E-state index in [1.165, 1.54) is 17.7 Å². The van der Waals surface area contributed by atoms with Gasteiger partial charge in [-0.2, -0.15) is 0 Å². The molecule has 27 heavy (non-hydrogen) atoms. The fourth-order valence-corrected chi connectivity index (χ4v) is 3.18. The molecule has 0 bridgehead atoms. The molecule has 0 spiro atoms. The number of carbonyl (C=O) groups excluding carboxylic acids is 1. The van der Waals surface area contributed by atoms with Gasteiger partial charge in [-0.3, -0.25) is 4.79 Å². The number of hydrogen-bond donors (Lipinski definition) is 1. The third-order valence-electron chi connectivity index (χ3n) is 4.00. The molecule has 5 nitrogen and oxygen atoms in total. The normalized spacial score (nSPS) is 12.0. The smallest absolute Gasteiger partial charge is 0.277 e. The van der Waals surface area contributed by atoms with Gasteiger partial charge in [0.2, 0.25) is 11.8 Å². The summed E-state index contributed by atoms with van der Waals surface area (Å²) in [6, 6.07) is 9.67. The standard InChI is InChI=1S/C19H17ClFN3O2S/c1-10-4-5-13(8-11(10)2)18-23-24-19(26-18)27-12(3)17(25)22-16-7-6-14(21)9-15(16)20/h4-9,12H,1-3H3,(H,22,25)/t12-/m0/s1. The van der Waals surface area contributed by atoms with Crippen molar-refractivity contribution in [1.29, 1.82) is 0 Å². The largest absolute Gasteiger partial charge is 0.411 e. The summed E-state index contributed by atoms with van der Waals surface area (Å²) in [6.07, 6.45) is 0. The molecule has 0 aliphatic rings. The van der Waals surface area contributed by atoms with Crippen LogP contribution in [0.2, 0.25) is 5.02 Å². The number of aryl methyl sites for hydroxylation is 2. The Balaban J connectivity index is 1.67. The Kier molecular flexibility index (Phi) is 5.82. The lowest BCUT2D eigenvalue weighted by Crippen LogP contribution is -2.22. The van der Waals surface area contributed by atoms with Gasteiger partial charge in [-0.25, -0.2) is 4.39 Å². The molecule has 0 unspecified atom stereocenters. The maximum Gasteiger partial charge on any atom is 0.277 e. The molecule has 8 heteroatoms. The highest BCUT2D eigenvalue weighted by atomic mass is 35.5. The molecular weight excluding hydrogens is 389 g/mol. The first-order chi connectivity index (χ1) is 12.8. The number of aromatic nitrogens is 2. The van der Waals surface area contributed by atoms with Crippen molar-refractivity contribution in [3.63, 3.8) is 0 Å². The molecule has 1 amide bonds. The third kappa shape index (κ3) is 4.67. The van der Waals surface area contributed by atoms with Crippen molar-refractivity contribution in [3.8, 4) is 11.5 Å². The lowest BCUT2D eigenvalue weighted by atomic mass is 10.1. The zero-order valence-corrected chi connectivity index (χ0v) is 16.5. The number of nitrogens with zero attached hydrogens (tertiary/aromatic N) is 2. The summed E-state index contributed by atoms with van der Waals surface area (Å²) in [5.41, 5.74) is 3.48. The minimum Gasteiger partial charge on any atom is -0.411 e. The predicted octanol–water partition coefficient (Wildman–Crippen LogP) is 5.27. The van der Waals surface area contributed by atoms with E-state index in [9.17, 15) is 9.18 Å². The van der Waals surface area contributed by atoms with Gasteiger partial charge < -0.3 is 9.73 Å². The van der Waals surface area contributed by atoms with Gasteiger partial charge in [-0.1, -0.05) is 29.4 Å². The van der Waals surface area contributed by atoms with Crippen LogP contribution in [0.25, 0.3) is 11.5 Å². The van der Waals surface area contributed by atoms with E-state index >= 15 is 0 Å². The lowest BCUT2D eigenvalue weighted by Gasteiger charge is -2.11. The van der Waals surface area contributed by atoms with Crippen LogP contribution in [0.3, 0.4) is 0 Å². The van der Waals surface area contributed by atoms with E-state index in [-0.39, 0.29) is 16.2 Å². The van der Waals surface area contributed by atoms with Gasteiger partial charge in [0.1, 0.15) is 5.82 Å². The van der Waals surface area contributed by atoms with Gasteiger partial charge in [-0.05, 0) is 62.2 Å². The van der Waals surface area contributed by atoms with Crippen LogP contribution in [0.5, 0.6) is 0 Å². The van der Waals surface area contributed by atoms with Crippen LogP contribution in [0.4, 0.5) is 10.1 Å². The summed E-state index contributed by atoms with van der Waals surface area (Å²) in [7, 11) is 0. The summed E-state index contributed by atoms with van der Waals surface area (Å²) >= 11 is 7.06. The lowest BCUT2D eigenvalue weighted by molar-refractivity contribution is -0.115. The fourth-order valence-electron chi connectivity index (χ4n) is 2.28. The summed E-state index contributed by atoms with van der Waals surface area (Å²) < 4.78 is 18.8. The molecule has 1 aromatic heterocycles. The maximum atomic E-state index is 13.1. The van der Waals surface area contributed by atoms with Crippen molar-refractivity contribution in [2.45, 2.75) is 31.2 Å². The highest BCUT2D eigenvalue weighted by Crippen LogP contribution is 2.29. The Morgan fingerprint density at radius 3 is 2.67 bits per heavy atom. The number of benzene rings is 2. The van der Waals surface area contributed by atoms with Crippen LogP contribution >= 0.6 is 23.4 Å². The first-order valence-corrected chi connectivity index (χ1v) is 9.43. The second-order valence-electron chi connectivity index (χ2n) is 6.05. The number of halogens is 2. The quantitative estimate of drug-likeness (QED) is 0.586. The molecule has 2 aromatic carbocycles. The molecule has 0 aliphatic carbocycles. The zero-order chi connectivity index (χ0) is 19.6. The molecule has 3 aromatic rings.